The van der Waals surface area contributed by atoms with Crippen molar-refractivity contribution in [3.63, 3.8) is 0 Å². The standard InChI is InChI=1S/C19H18N2O5S/c22-16(6-3-8-26-9-7-17(23)24)15-11-27-19(21-15)18(25)13-10-20-14-5-2-1-4-12(13)14/h1-2,4-5,10-11,20H,3,6-9H2,(H,23,24). The maximum absolute atomic E-state index is 12.7. The van der Waals surface area contributed by atoms with Crippen molar-refractivity contribution in [2.24, 2.45) is 0 Å². The number of aliphatic carboxylic acids is 1. The smallest absolute Gasteiger partial charge is 0.305 e. The second-order valence-corrected chi connectivity index (χ2v) is 6.76. The zero-order chi connectivity index (χ0) is 19.2. The molecule has 8 heteroatoms. The van der Waals surface area contributed by atoms with Crippen molar-refractivity contribution in [3.05, 3.63) is 52.1 Å². The number of para-hydroxylation sites is 1. The molecule has 2 aromatic heterocycles. The Bertz CT molecular complexity index is 975. The Balaban J connectivity index is 1.57. The van der Waals surface area contributed by atoms with Gasteiger partial charge in [-0.2, -0.15) is 0 Å². The number of nitrogens with one attached hydrogen (secondary N) is 1. The van der Waals surface area contributed by atoms with Crippen molar-refractivity contribution in [2.45, 2.75) is 19.3 Å². The number of H-pyrrole nitrogens is 1. The average molecular weight is 386 g/mol. The minimum atomic E-state index is -0.916. The first-order chi connectivity index (χ1) is 13.1. The maximum Gasteiger partial charge on any atom is 0.305 e. The van der Waals surface area contributed by atoms with Gasteiger partial charge in [0, 0.05) is 35.5 Å². The van der Waals surface area contributed by atoms with Gasteiger partial charge < -0.3 is 14.8 Å². The van der Waals surface area contributed by atoms with E-state index < -0.39 is 5.97 Å². The van der Waals surface area contributed by atoms with Crippen molar-refractivity contribution >= 4 is 39.8 Å². The van der Waals surface area contributed by atoms with E-state index in [-0.39, 0.29) is 41.7 Å². The minimum absolute atomic E-state index is 0.0562. The van der Waals surface area contributed by atoms with Gasteiger partial charge >= 0.3 is 5.97 Å². The van der Waals surface area contributed by atoms with E-state index in [2.05, 4.69) is 9.97 Å². The van der Waals surface area contributed by atoms with Gasteiger partial charge in [-0.05, 0) is 12.5 Å². The van der Waals surface area contributed by atoms with E-state index in [4.69, 9.17) is 9.84 Å². The number of hydrogen-bond donors (Lipinski definition) is 2. The molecule has 0 radical (unpaired) electrons. The number of Topliss-reactive ketones (excluding diaryl/α,β-unsaturated/α-hetero) is 1. The van der Waals surface area contributed by atoms with Crippen LogP contribution >= 0.6 is 11.3 Å². The Morgan fingerprint density at radius 2 is 1.96 bits per heavy atom. The molecule has 0 aliphatic heterocycles. The molecular weight excluding hydrogens is 368 g/mol. The highest BCUT2D eigenvalue weighted by molar-refractivity contribution is 7.12. The predicted molar refractivity (Wildman–Crippen MR) is 100 cm³/mol. The highest BCUT2D eigenvalue weighted by Gasteiger charge is 2.19. The fourth-order valence-electron chi connectivity index (χ4n) is 2.61. The molecule has 0 aliphatic rings. The molecule has 140 valence electrons. The van der Waals surface area contributed by atoms with Crippen molar-refractivity contribution in [3.8, 4) is 0 Å². The van der Waals surface area contributed by atoms with E-state index in [1.54, 1.807) is 11.6 Å². The molecule has 2 heterocycles. The van der Waals surface area contributed by atoms with Gasteiger partial charge in [-0.25, -0.2) is 4.98 Å². The van der Waals surface area contributed by atoms with E-state index >= 15 is 0 Å². The van der Waals surface area contributed by atoms with Gasteiger partial charge in [0.1, 0.15) is 5.69 Å². The van der Waals surface area contributed by atoms with Crippen LogP contribution in [0.15, 0.2) is 35.8 Å². The first-order valence-electron chi connectivity index (χ1n) is 8.45. The van der Waals surface area contributed by atoms with Gasteiger partial charge in [-0.15, -0.1) is 11.3 Å². The summed E-state index contributed by atoms with van der Waals surface area (Å²) in [4.78, 5) is 42.5. The third-order valence-corrected chi connectivity index (χ3v) is 4.81. The number of ketones is 2. The molecule has 0 unspecified atom stereocenters. The summed E-state index contributed by atoms with van der Waals surface area (Å²) in [6.45, 7) is 0.438. The molecule has 0 bridgehead atoms. The van der Waals surface area contributed by atoms with Crippen molar-refractivity contribution in [1.82, 2.24) is 9.97 Å². The number of thiazole rings is 1. The van der Waals surface area contributed by atoms with Gasteiger partial charge in [0.15, 0.2) is 10.8 Å². The monoisotopic (exact) mass is 386 g/mol. The summed E-state index contributed by atoms with van der Waals surface area (Å²) in [5.41, 5.74) is 1.68. The molecule has 0 aliphatic carbocycles. The highest BCUT2D eigenvalue weighted by atomic mass is 32.1. The molecule has 27 heavy (non-hydrogen) atoms. The van der Waals surface area contributed by atoms with Gasteiger partial charge in [0.25, 0.3) is 0 Å². The summed E-state index contributed by atoms with van der Waals surface area (Å²) in [7, 11) is 0. The van der Waals surface area contributed by atoms with Crippen LogP contribution in [0.25, 0.3) is 10.9 Å². The normalized spacial score (nSPS) is 11.0. The predicted octanol–water partition coefficient (Wildman–Crippen LogP) is 3.31. The van der Waals surface area contributed by atoms with Crippen LogP contribution < -0.4 is 0 Å². The first-order valence-corrected chi connectivity index (χ1v) is 9.33. The summed E-state index contributed by atoms with van der Waals surface area (Å²) in [5.74, 6) is -1.29. The largest absolute Gasteiger partial charge is 0.481 e. The summed E-state index contributed by atoms with van der Waals surface area (Å²) in [6.07, 6.45) is 2.31. The summed E-state index contributed by atoms with van der Waals surface area (Å²) in [5, 5.41) is 11.2. The molecule has 7 nitrogen and oxygen atoms in total. The Kier molecular flexibility index (Phi) is 6.10. The second-order valence-electron chi connectivity index (χ2n) is 5.90. The quantitative estimate of drug-likeness (QED) is 0.409. The fraction of sp³-hybridized carbons (Fsp3) is 0.263. The van der Waals surface area contributed by atoms with Gasteiger partial charge in [0.2, 0.25) is 5.78 Å². The zero-order valence-electron chi connectivity index (χ0n) is 14.4. The number of carboxylic acid groups (broad SMARTS) is 1. The molecule has 0 amide bonds. The molecule has 0 spiro atoms. The van der Waals surface area contributed by atoms with E-state index in [1.807, 2.05) is 24.3 Å². The van der Waals surface area contributed by atoms with E-state index in [9.17, 15) is 14.4 Å². The van der Waals surface area contributed by atoms with Crippen LogP contribution in [0.2, 0.25) is 0 Å². The van der Waals surface area contributed by atoms with E-state index in [1.165, 1.54) is 0 Å². The van der Waals surface area contributed by atoms with Crippen LogP contribution in [0.3, 0.4) is 0 Å². The van der Waals surface area contributed by atoms with Crippen LogP contribution in [0, 0.1) is 0 Å². The average Bonchev–Trinajstić information content (AvgIpc) is 3.31. The molecular formula is C19H18N2O5S. The van der Waals surface area contributed by atoms with Gasteiger partial charge in [0.05, 0.1) is 18.6 Å². The van der Waals surface area contributed by atoms with Crippen LogP contribution in [0.5, 0.6) is 0 Å². The van der Waals surface area contributed by atoms with Gasteiger partial charge in [-0.1, -0.05) is 18.2 Å². The number of aromatic amines is 1. The number of carbonyl (C=O) groups is 3. The lowest BCUT2D eigenvalue weighted by molar-refractivity contribution is -0.138. The number of hydrogen-bond acceptors (Lipinski definition) is 6. The molecule has 0 saturated carbocycles. The number of carboxylic acids is 1. The Morgan fingerprint density at radius 1 is 1.15 bits per heavy atom. The van der Waals surface area contributed by atoms with Crippen LogP contribution in [0.4, 0.5) is 0 Å². The Morgan fingerprint density at radius 3 is 2.78 bits per heavy atom. The lowest BCUT2D eigenvalue weighted by Crippen LogP contribution is -2.07. The molecule has 3 aromatic rings. The summed E-state index contributed by atoms with van der Waals surface area (Å²) in [6, 6.07) is 7.51. The van der Waals surface area contributed by atoms with Crippen LogP contribution in [-0.2, 0) is 9.53 Å². The molecule has 0 saturated heterocycles. The number of fused-ring (bicyclic) bond motifs is 1. The minimum Gasteiger partial charge on any atom is -0.481 e. The summed E-state index contributed by atoms with van der Waals surface area (Å²) < 4.78 is 5.16. The van der Waals surface area contributed by atoms with Crippen molar-refractivity contribution in [1.29, 1.82) is 0 Å². The molecule has 0 fully saturated rings. The molecule has 2 N–H and O–H groups in total. The topological polar surface area (TPSA) is 109 Å². The maximum atomic E-state index is 12.7. The zero-order valence-corrected chi connectivity index (χ0v) is 15.3. The second kappa shape index (κ2) is 8.70. The fourth-order valence-corrected chi connectivity index (χ4v) is 3.38. The van der Waals surface area contributed by atoms with Crippen LogP contribution in [0.1, 0.15) is 45.1 Å². The molecule has 3 rings (SSSR count). The number of benzene rings is 1. The SMILES string of the molecule is O=C(O)CCOCCCC(=O)c1csc(C(=O)c2c[nH]c3ccccc23)n1. The lowest BCUT2D eigenvalue weighted by Gasteiger charge is -2.01. The molecule has 0 atom stereocenters. The van der Waals surface area contributed by atoms with E-state index in [0.717, 1.165) is 22.2 Å². The number of aromatic nitrogens is 2. The lowest BCUT2D eigenvalue weighted by atomic mass is 10.1. The third-order valence-electron chi connectivity index (χ3n) is 3.97. The van der Waals surface area contributed by atoms with Crippen LogP contribution in [-0.4, -0.2) is 45.8 Å². The van der Waals surface area contributed by atoms with E-state index in [0.29, 0.717) is 18.6 Å². The molecule has 1 aromatic carbocycles. The number of ether oxygens (including phenoxy) is 1. The first kappa shape index (κ1) is 18.9. The number of nitrogens with zero attached hydrogens (tertiary/aromatic N) is 1. The number of carbonyl (C=O) groups excluding carboxylic acids is 2. The van der Waals surface area contributed by atoms with Gasteiger partial charge in [-0.3, -0.25) is 14.4 Å². The summed E-state index contributed by atoms with van der Waals surface area (Å²) >= 11 is 1.15. The highest BCUT2D eigenvalue weighted by Crippen LogP contribution is 2.23. The Labute approximate surface area is 159 Å². The number of rotatable bonds is 10. The van der Waals surface area contributed by atoms with Crippen molar-refractivity contribution < 1.29 is 24.2 Å². The Hall–Kier alpha value is -2.84. The van der Waals surface area contributed by atoms with Crippen molar-refractivity contribution in [2.75, 3.05) is 13.2 Å². The third kappa shape index (κ3) is 4.66.